The molecule has 3 aromatic heterocycles. The van der Waals surface area contributed by atoms with Crippen LogP contribution in [0.1, 0.15) is 129 Å². The third-order valence-electron chi connectivity index (χ3n) is 16.6. The standard InChI is InChI=1S/C43H64N6O11.C17H16F6N2O/c1-12-33-43(9,54)39-26(4)35(46-29(7)50)24(2)19-42(8,56-23-31(22-55-39)47-57-21-30-14-15-34(44-20-30)49-17-13-16-45-49)38(27(5)36(51)28(6)40(53)59-33)60-41-37(52)32(48(10)11)18-25(3)58-41;18-16(19,20)11-5-3-4-9-10(15(26)12-6-1-2-7-24-12)8-13(17(21,22)23)25-14(9)11/h13-17,20,24-28,32-33,37-39,41,52,54H,12,18-19,21-23H2,1-11H3;3-5,8,12,15,24,26H,1-2,6-7H2/b46-35?,47-31+;/t24-,25-,26+,27+,28-,32+,33-,37-,38-,39-,41+,42-,43-;12-,15+/m10/s1. The molecule has 0 spiro atoms. The highest BCUT2D eigenvalue weighted by Crippen LogP contribution is 2.42. The number of cyclic esters (lactones) is 1. The Morgan fingerprint density at radius 3 is 2.34 bits per heavy atom. The third-order valence-corrected chi connectivity index (χ3v) is 16.6. The lowest BCUT2D eigenvalue weighted by Crippen LogP contribution is -2.60. The number of halogens is 6. The number of aliphatic imine (C=N–C) groups is 1. The average Bonchev–Trinajstić information content (AvgIpc) is 0.936. The van der Waals surface area contributed by atoms with Crippen LogP contribution in [-0.4, -0.2) is 163 Å². The van der Waals surface area contributed by atoms with Crippen molar-refractivity contribution in [2.24, 2.45) is 33.8 Å². The Balaban J connectivity index is 0.000000337. The van der Waals surface area contributed by atoms with Crippen LogP contribution in [0.15, 0.2) is 71.2 Å². The molecule has 4 saturated heterocycles. The number of nitrogens with zero attached hydrogens (tertiary/aromatic N) is 7. The summed E-state index contributed by atoms with van der Waals surface area (Å²) < 4.78 is 113. The van der Waals surface area contributed by atoms with E-state index >= 15 is 0 Å². The topological polar surface area (TPSA) is 251 Å². The summed E-state index contributed by atoms with van der Waals surface area (Å²) in [7, 11) is 3.73. The van der Waals surface area contributed by atoms with Gasteiger partial charge in [-0.3, -0.25) is 14.4 Å². The fourth-order valence-electron chi connectivity index (χ4n) is 12.1. The summed E-state index contributed by atoms with van der Waals surface area (Å²) in [6, 6.07) is 8.28. The van der Waals surface area contributed by atoms with Crippen molar-refractivity contribution >= 4 is 40.0 Å². The number of hydrogen-bond acceptors (Lipinski definition) is 18. The van der Waals surface area contributed by atoms with E-state index in [9.17, 15) is 56.0 Å². The summed E-state index contributed by atoms with van der Waals surface area (Å²) in [5.74, 6) is -4.71. The number of rotatable bonds is 10. The summed E-state index contributed by atoms with van der Waals surface area (Å²) >= 11 is 0. The number of aliphatic hydroxyl groups excluding tert-OH is 2. The fourth-order valence-corrected chi connectivity index (χ4v) is 12.1. The van der Waals surface area contributed by atoms with Crippen molar-refractivity contribution in [1.82, 2.24) is 30.0 Å². The predicted molar refractivity (Wildman–Crippen MR) is 303 cm³/mol. The van der Waals surface area contributed by atoms with Gasteiger partial charge < -0.3 is 54.1 Å². The number of likely N-dealkylation sites (N-methyl/N-ethyl adjacent to an activating group) is 1. The summed E-state index contributed by atoms with van der Waals surface area (Å²) in [6.45, 7) is 15.3. The number of esters is 1. The molecule has 2 bridgehead atoms. The number of para-hydroxylation sites is 1. The maximum atomic E-state index is 14.5. The second-order valence-corrected chi connectivity index (χ2v) is 23.6. The summed E-state index contributed by atoms with van der Waals surface area (Å²) in [6.07, 6.45) is -9.03. The number of oxime groups is 1. The summed E-state index contributed by atoms with van der Waals surface area (Å²) in [5, 5.41) is 46.2. The lowest BCUT2D eigenvalue weighted by Gasteiger charge is -2.47. The molecule has 86 heavy (non-hydrogen) atoms. The van der Waals surface area contributed by atoms with Gasteiger partial charge in [-0.2, -0.15) is 31.4 Å². The molecular formula is C60H80F6N8O12. The van der Waals surface area contributed by atoms with Gasteiger partial charge in [-0.1, -0.05) is 57.5 Å². The first kappa shape index (κ1) is 67.7. The van der Waals surface area contributed by atoms with E-state index < -0.39 is 125 Å². The van der Waals surface area contributed by atoms with Gasteiger partial charge in [0.25, 0.3) is 0 Å². The lowest BCUT2D eigenvalue weighted by atomic mass is 9.73. The SMILES string of the molecule is CC[C@H]1OC(=O)[C@H](C)C(=O)[C@H](C)[C@@H](O[C@@H]2O[C@H](C)C[C@H](N(C)C)[C@H]2O)[C@@]2(C)C[C@@H](C)C(=NC(C)=O)[C@H](C)[C@@H](OC/C(=N\OCc3ccc(-n4cccn4)nc3)CO2)[C@]1(C)O.O[C@H](c1cc(C(F)(F)F)nc2c(C(F)(F)F)cccc12)[C@@H]1CCCCN1. The molecule has 4 aliphatic heterocycles. The molecule has 8 rings (SSSR count). The zero-order valence-corrected chi connectivity index (χ0v) is 50.3. The molecule has 474 valence electrons. The van der Waals surface area contributed by atoms with Crippen LogP contribution in [0.2, 0.25) is 0 Å². The van der Waals surface area contributed by atoms with Crippen LogP contribution < -0.4 is 5.32 Å². The van der Waals surface area contributed by atoms with Crippen molar-refractivity contribution in [3.8, 4) is 5.82 Å². The van der Waals surface area contributed by atoms with Crippen molar-refractivity contribution in [1.29, 1.82) is 0 Å². The Labute approximate surface area is 496 Å². The zero-order valence-electron chi connectivity index (χ0n) is 50.3. The number of fused-ring (bicyclic) bond motifs is 6. The van der Waals surface area contributed by atoms with E-state index in [1.54, 1.807) is 63.1 Å². The first-order chi connectivity index (χ1) is 40.4. The smallest absolute Gasteiger partial charge is 0.433 e. The number of piperidine rings is 1. The molecule has 26 heteroatoms. The Kier molecular flexibility index (Phi) is 22.1. The molecule has 15 atom stereocenters. The normalized spacial score (nSPS) is 32.4. The monoisotopic (exact) mass is 1220 g/mol. The van der Waals surface area contributed by atoms with Crippen molar-refractivity contribution in [2.45, 2.75) is 186 Å². The molecule has 0 unspecified atom stereocenters. The second kappa shape index (κ2) is 28.1. The number of ether oxygens (including phenoxy) is 5. The predicted octanol–water partition coefficient (Wildman–Crippen LogP) is 8.15. The highest BCUT2D eigenvalue weighted by molar-refractivity contribution is 6.00. The van der Waals surface area contributed by atoms with Crippen LogP contribution in [0.3, 0.4) is 0 Å². The highest BCUT2D eigenvalue weighted by Gasteiger charge is 2.53. The second-order valence-electron chi connectivity index (χ2n) is 23.6. The van der Waals surface area contributed by atoms with E-state index in [1.165, 1.54) is 26.8 Å². The van der Waals surface area contributed by atoms with E-state index in [4.69, 9.17) is 28.5 Å². The molecule has 1 aromatic carbocycles. The molecule has 1 amide bonds. The van der Waals surface area contributed by atoms with Gasteiger partial charge in [0.05, 0.1) is 54.3 Å². The van der Waals surface area contributed by atoms with Gasteiger partial charge in [0.1, 0.15) is 41.7 Å². The van der Waals surface area contributed by atoms with E-state index in [2.05, 4.69) is 30.5 Å². The molecule has 4 fully saturated rings. The minimum atomic E-state index is -4.93. The van der Waals surface area contributed by atoms with Crippen molar-refractivity contribution in [3.05, 3.63) is 83.4 Å². The van der Waals surface area contributed by atoms with Crippen LogP contribution in [0.4, 0.5) is 26.3 Å². The molecule has 4 aromatic rings. The van der Waals surface area contributed by atoms with Gasteiger partial charge in [0, 0.05) is 66.1 Å². The van der Waals surface area contributed by atoms with Gasteiger partial charge in [-0.05, 0) is 116 Å². The molecule has 20 nitrogen and oxygen atoms in total. The third kappa shape index (κ3) is 15.9. The van der Waals surface area contributed by atoms with E-state index in [-0.39, 0.29) is 61.5 Å². The molecule has 0 aliphatic carbocycles. The number of carbonyl (C=O) groups excluding carboxylic acids is 3. The first-order valence-electron chi connectivity index (χ1n) is 28.9. The van der Waals surface area contributed by atoms with Crippen LogP contribution in [-0.2, 0) is 61.9 Å². The van der Waals surface area contributed by atoms with Gasteiger partial charge in [0.15, 0.2) is 17.9 Å². The van der Waals surface area contributed by atoms with Crippen LogP contribution >= 0.6 is 0 Å². The number of Topliss-reactive ketones (excluding diaryl/α,β-unsaturated/α-hetero) is 1. The van der Waals surface area contributed by atoms with Crippen LogP contribution in [0.5, 0.6) is 0 Å². The number of nitrogens with one attached hydrogen (secondary N) is 1. The fraction of sp³-hybridized carbons (Fsp3) is 0.633. The number of ketones is 1. The number of aliphatic hydroxyl groups is 3. The van der Waals surface area contributed by atoms with Crippen LogP contribution in [0, 0.1) is 23.7 Å². The number of carbonyl (C=O) groups is 3. The molecule has 7 heterocycles. The molecule has 0 saturated carbocycles. The minimum absolute atomic E-state index is 0.0440. The Hall–Kier alpha value is -5.84. The average molecular weight is 1220 g/mol. The number of hydrogen-bond donors (Lipinski definition) is 4. The first-order valence-corrected chi connectivity index (χ1v) is 28.9. The zero-order chi connectivity index (χ0) is 63.2. The number of aromatic nitrogens is 4. The maximum Gasteiger partial charge on any atom is 0.433 e. The van der Waals surface area contributed by atoms with Crippen molar-refractivity contribution < 1.29 is 84.6 Å². The van der Waals surface area contributed by atoms with Crippen molar-refractivity contribution in [2.75, 3.05) is 33.9 Å². The van der Waals surface area contributed by atoms with Crippen molar-refractivity contribution in [3.63, 3.8) is 0 Å². The van der Waals surface area contributed by atoms with Gasteiger partial charge in [-0.15, -0.1) is 0 Å². The quantitative estimate of drug-likeness (QED) is 0.0506. The molecule has 4 aliphatic rings. The van der Waals surface area contributed by atoms with E-state index in [0.29, 0.717) is 43.0 Å². The minimum Gasteiger partial charge on any atom is -0.459 e. The molecular weight excluding hydrogens is 1140 g/mol. The van der Waals surface area contributed by atoms with Gasteiger partial charge in [-0.25, -0.2) is 19.6 Å². The van der Waals surface area contributed by atoms with Gasteiger partial charge >= 0.3 is 18.3 Å². The molecule has 4 N–H and O–H groups in total. The number of amides is 1. The maximum absolute atomic E-state index is 14.5. The highest BCUT2D eigenvalue weighted by atomic mass is 19.4. The van der Waals surface area contributed by atoms with E-state index in [1.807, 2.05) is 38.9 Å². The Morgan fingerprint density at radius 2 is 1.73 bits per heavy atom. The number of benzene rings is 1. The number of alkyl halides is 6. The number of pyridine rings is 2. The van der Waals surface area contributed by atoms with Gasteiger partial charge in [0.2, 0.25) is 5.91 Å². The largest absolute Gasteiger partial charge is 0.459 e. The van der Waals surface area contributed by atoms with Crippen LogP contribution in [0.25, 0.3) is 16.7 Å². The Bertz CT molecular complexity index is 3010. The lowest BCUT2D eigenvalue weighted by molar-refractivity contribution is -0.296. The summed E-state index contributed by atoms with van der Waals surface area (Å²) in [5.41, 5.74) is -5.56. The van der Waals surface area contributed by atoms with E-state index in [0.717, 1.165) is 24.5 Å². The Morgan fingerprint density at radius 1 is 1.00 bits per heavy atom. The summed E-state index contributed by atoms with van der Waals surface area (Å²) in [4.78, 5) is 61.2. The molecule has 0 radical (unpaired) electrons.